The van der Waals surface area contributed by atoms with E-state index in [4.69, 9.17) is 0 Å². The second-order valence-electron chi connectivity index (χ2n) is 7.62. The molecule has 0 spiro atoms. The molecule has 1 amide bonds. The van der Waals surface area contributed by atoms with E-state index in [0.717, 1.165) is 0 Å². The lowest BCUT2D eigenvalue weighted by Gasteiger charge is -2.35. The Bertz CT molecular complexity index is 1110. The molecule has 8 nitrogen and oxygen atoms in total. The van der Waals surface area contributed by atoms with Gasteiger partial charge in [-0.15, -0.1) is 0 Å². The first kappa shape index (κ1) is 23.5. The summed E-state index contributed by atoms with van der Waals surface area (Å²) in [4.78, 5) is 19.6. The van der Waals surface area contributed by atoms with Crippen molar-refractivity contribution in [2.45, 2.75) is 26.8 Å². The number of halogens is 1. The van der Waals surface area contributed by atoms with Gasteiger partial charge in [-0.25, -0.2) is 17.8 Å². The number of nitriles is 1. The van der Waals surface area contributed by atoms with E-state index in [1.807, 2.05) is 4.90 Å². The maximum absolute atomic E-state index is 13.3. The number of piperazine rings is 1. The van der Waals surface area contributed by atoms with Crippen molar-refractivity contribution >= 4 is 27.4 Å². The highest BCUT2D eigenvalue weighted by Gasteiger charge is 2.26. The number of anilines is 2. The summed E-state index contributed by atoms with van der Waals surface area (Å²) < 4.78 is 40.5. The van der Waals surface area contributed by atoms with Crippen molar-refractivity contribution in [3.05, 3.63) is 53.5 Å². The van der Waals surface area contributed by atoms with Gasteiger partial charge in [-0.1, -0.05) is 19.1 Å². The van der Waals surface area contributed by atoms with Crippen LogP contribution in [0.5, 0.6) is 0 Å². The molecule has 1 saturated heterocycles. The minimum absolute atomic E-state index is 0.00558. The Hall–Kier alpha value is -3.19. The first-order chi connectivity index (χ1) is 15.2. The quantitative estimate of drug-likeness (QED) is 0.631. The Morgan fingerprint density at radius 3 is 2.44 bits per heavy atom. The Morgan fingerprint density at radius 2 is 1.88 bits per heavy atom. The smallest absolute Gasteiger partial charge is 0.235 e. The molecule has 0 bridgehead atoms. The van der Waals surface area contributed by atoms with Gasteiger partial charge in [-0.2, -0.15) is 5.26 Å². The van der Waals surface area contributed by atoms with E-state index in [-0.39, 0.29) is 29.5 Å². The van der Waals surface area contributed by atoms with E-state index >= 15 is 0 Å². The molecule has 1 aromatic heterocycles. The summed E-state index contributed by atoms with van der Waals surface area (Å²) in [6.45, 7) is 5.44. The van der Waals surface area contributed by atoms with Crippen molar-refractivity contribution in [2.24, 2.45) is 0 Å². The average molecular weight is 460 g/mol. The zero-order valence-electron chi connectivity index (χ0n) is 18.2. The average Bonchev–Trinajstić information content (AvgIpc) is 2.78. The third-order valence-electron chi connectivity index (χ3n) is 5.32. The van der Waals surface area contributed by atoms with Crippen LogP contribution in [0.1, 0.15) is 31.4 Å². The molecule has 32 heavy (non-hydrogen) atoms. The Labute approximate surface area is 187 Å². The number of carbonyl (C=O) groups excluding carboxylic acids is 1. The van der Waals surface area contributed by atoms with E-state index in [1.165, 1.54) is 47.8 Å². The van der Waals surface area contributed by atoms with Crippen molar-refractivity contribution in [2.75, 3.05) is 41.1 Å². The first-order valence-electron chi connectivity index (χ1n) is 10.4. The number of aromatic nitrogens is 1. The van der Waals surface area contributed by atoms with Crippen molar-refractivity contribution in [1.29, 1.82) is 5.26 Å². The summed E-state index contributed by atoms with van der Waals surface area (Å²) in [6, 6.07) is 9.27. The van der Waals surface area contributed by atoms with Crippen LogP contribution in [0.25, 0.3) is 0 Å². The number of carbonyl (C=O) groups is 1. The van der Waals surface area contributed by atoms with Gasteiger partial charge in [-0.3, -0.25) is 9.10 Å². The van der Waals surface area contributed by atoms with E-state index in [1.54, 1.807) is 11.8 Å². The van der Waals surface area contributed by atoms with Crippen LogP contribution in [0.3, 0.4) is 0 Å². The highest BCUT2D eigenvalue weighted by Crippen LogP contribution is 2.27. The Kier molecular flexibility index (Phi) is 7.30. The fraction of sp³-hybridized carbons (Fsp3) is 0.409. The molecule has 0 unspecified atom stereocenters. The largest absolute Gasteiger partial charge is 0.352 e. The molecular formula is C22H26FN5O3S. The van der Waals surface area contributed by atoms with Crippen LogP contribution in [-0.2, 0) is 21.4 Å². The summed E-state index contributed by atoms with van der Waals surface area (Å²) in [5, 5.41) is 9.73. The molecule has 0 N–H and O–H groups in total. The van der Waals surface area contributed by atoms with Crippen LogP contribution in [0.4, 0.5) is 15.9 Å². The molecule has 2 heterocycles. The molecule has 2 aromatic rings. The number of sulfonamides is 1. The molecule has 1 aliphatic heterocycles. The molecule has 0 saturated carbocycles. The number of benzene rings is 1. The Morgan fingerprint density at radius 1 is 1.22 bits per heavy atom. The maximum atomic E-state index is 13.3. The SMILES string of the molecule is CCCS(=O)(=O)N(Cc1ccc(F)cc1)c1cnc(N2CCN(C(C)=O)CC2)c(C#N)c1. The first-order valence-corrected chi connectivity index (χ1v) is 12.0. The Balaban J connectivity index is 1.92. The van der Waals surface area contributed by atoms with Gasteiger partial charge >= 0.3 is 0 Å². The van der Waals surface area contributed by atoms with E-state index in [9.17, 15) is 22.9 Å². The summed E-state index contributed by atoms with van der Waals surface area (Å²) in [7, 11) is -3.68. The fourth-order valence-electron chi connectivity index (χ4n) is 3.62. The van der Waals surface area contributed by atoms with Gasteiger partial charge in [0, 0.05) is 33.1 Å². The zero-order valence-corrected chi connectivity index (χ0v) is 19.0. The van der Waals surface area contributed by atoms with Gasteiger partial charge in [0.05, 0.1) is 29.7 Å². The highest BCUT2D eigenvalue weighted by molar-refractivity contribution is 7.92. The normalized spacial score (nSPS) is 14.2. The maximum Gasteiger partial charge on any atom is 0.235 e. The summed E-state index contributed by atoms with van der Waals surface area (Å²) in [6.07, 6.45) is 1.88. The van der Waals surface area contributed by atoms with E-state index in [2.05, 4.69) is 11.1 Å². The molecule has 3 rings (SSSR count). The number of amides is 1. The topological polar surface area (TPSA) is 97.6 Å². The third-order valence-corrected chi connectivity index (χ3v) is 7.26. The van der Waals surface area contributed by atoms with Crippen LogP contribution >= 0.6 is 0 Å². The minimum Gasteiger partial charge on any atom is -0.352 e. The zero-order chi connectivity index (χ0) is 23.3. The number of hydrogen-bond acceptors (Lipinski definition) is 6. The molecule has 0 aliphatic carbocycles. The number of nitrogens with zero attached hydrogens (tertiary/aromatic N) is 5. The van der Waals surface area contributed by atoms with Gasteiger partial charge in [0.25, 0.3) is 0 Å². The van der Waals surface area contributed by atoms with Gasteiger partial charge in [0.2, 0.25) is 15.9 Å². The van der Waals surface area contributed by atoms with Gasteiger partial charge in [0.15, 0.2) is 0 Å². The summed E-state index contributed by atoms with van der Waals surface area (Å²) in [5.74, 6) is 0.00431. The third kappa shape index (κ3) is 5.34. The predicted molar refractivity (Wildman–Crippen MR) is 120 cm³/mol. The van der Waals surface area contributed by atoms with E-state index in [0.29, 0.717) is 44.0 Å². The fourth-order valence-corrected chi connectivity index (χ4v) is 5.13. The summed E-state index contributed by atoms with van der Waals surface area (Å²) in [5.41, 5.74) is 1.16. The molecular weight excluding hydrogens is 433 g/mol. The molecule has 1 aliphatic rings. The number of hydrogen-bond donors (Lipinski definition) is 0. The molecule has 1 aromatic carbocycles. The number of pyridine rings is 1. The molecule has 0 radical (unpaired) electrons. The summed E-state index contributed by atoms with van der Waals surface area (Å²) >= 11 is 0. The van der Waals surface area contributed by atoms with Crippen molar-refractivity contribution in [1.82, 2.24) is 9.88 Å². The highest BCUT2D eigenvalue weighted by atomic mass is 32.2. The second-order valence-corrected chi connectivity index (χ2v) is 9.63. The number of rotatable bonds is 7. The molecule has 170 valence electrons. The predicted octanol–water partition coefficient (Wildman–Crippen LogP) is 2.51. The van der Waals surface area contributed by atoms with Gasteiger partial charge in [-0.05, 0) is 30.2 Å². The van der Waals surface area contributed by atoms with Crippen molar-refractivity contribution in [3.63, 3.8) is 0 Å². The van der Waals surface area contributed by atoms with Crippen LogP contribution < -0.4 is 9.21 Å². The second kappa shape index (κ2) is 9.96. The molecule has 0 atom stereocenters. The van der Waals surface area contributed by atoms with Crippen molar-refractivity contribution < 1.29 is 17.6 Å². The monoisotopic (exact) mass is 459 g/mol. The van der Waals surface area contributed by atoms with Crippen LogP contribution in [0.15, 0.2) is 36.5 Å². The van der Waals surface area contributed by atoms with Gasteiger partial charge < -0.3 is 9.80 Å². The standard InChI is InChI=1S/C22H26FN5O3S/c1-3-12-32(30,31)28(16-18-4-6-20(23)7-5-18)21-13-19(14-24)22(25-15-21)27-10-8-26(9-11-27)17(2)29/h4-7,13,15H,3,8-12,16H2,1-2H3. The van der Waals surface area contributed by atoms with Crippen LogP contribution in [0.2, 0.25) is 0 Å². The molecule has 1 fully saturated rings. The lowest BCUT2D eigenvalue weighted by Crippen LogP contribution is -2.48. The van der Waals surface area contributed by atoms with E-state index < -0.39 is 15.8 Å². The van der Waals surface area contributed by atoms with Crippen LogP contribution in [0, 0.1) is 17.1 Å². The lowest BCUT2D eigenvalue weighted by molar-refractivity contribution is -0.129. The molecule has 10 heteroatoms. The van der Waals surface area contributed by atoms with Crippen molar-refractivity contribution in [3.8, 4) is 6.07 Å². The minimum atomic E-state index is -3.68. The van der Waals surface area contributed by atoms with Gasteiger partial charge in [0.1, 0.15) is 17.7 Å². The van der Waals surface area contributed by atoms with Crippen LogP contribution in [-0.4, -0.2) is 56.1 Å². The lowest BCUT2D eigenvalue weighted by atomic mass is 10.2.